The van der Waals surface area contributed by atoms with Gasteiger partial charge in [0.25, 0.3) is 6.01 Å². The van der Waals surface area contributed by atoms with Gasteiger partial charge in [-0.25, -0.2) is 4.98 Å². The van der Waals surface area contributed by atoms with Crippen molar-refractivity contribution in [1.82, 2.24) is 15.3 Å². The first-order chi connectivity index (χ1) is 12.4. The lowest BCUT2D eigenvalue weighted by molar-refractivity contribution is 0.409. The smallest absolute Gasteiger partial charge is 0.298 e. The van der Waals surface area contributed by atoms with Gasteiger partial charge < -0.3 is 14.6 Å². The Kier molecular flexibility index (Phi) is 5.18. The van der Waals surface area contributed by atoms with Crippen molar-refractivity contribution in [2.24, 2.45) is 0 Å². The molecule has 0 saturated carbocycles. The van der Waals surface area contributed by atoms with Crippen molar-refractivity contribution in [3.05, 3.63) is 48.7 Å². The Morgan fingerprint density at radius 1 is 1.12 bits per heavy atom. The van der Waals surface area contributed by atoms with E-state index in [-0.39, 0.29) is 0 Å². The molecule has 1 fully saturated rings. The Morgan fingerprint density at radius 2 is 1.96 bits per heavy atom. The van der Waals surface area contributed by atoms with Gasteiger partial charge in [0.2, 0.25) is 0 Å². The van der Waals surface area contributed by atoms with Gasteiger partial charge >= 0.3 is 0 Å². The van der Waals surface area contributed by atoms with Gasteiger partial charge in [-0.3, -0.25) is 0 Å². The van der Waals surface area contributed by atoms with Gasteiger partial charge in [-0.05, 0) is 37.1 Å². The van der Waals surface area contributed by atoms with Gasteiger partial charge in [0.1, 0.15) is 5.52 Å². The van der Waals surface area contributed by atoms with Gasteiger partial charge in [0.05, 0.1) is 5.03 Å². The minimum absolute atomic E-state index is 0.574. The first-order valence-corrected chi connectivity index (χ1v) is 9.75. The molecule has 3 heterocycles. The van der Waals surface area contributed by atoms with Crippen LogP contribution in [0.5, 0.6) is 0 Å². The first-order valence-electron chi connectivity index (χ1n) is 8.76. The number of benzene rings is 1. The molecule has 6 heteroatoms. The second kappa shape index (κ2) is 7.89. The number of thioether (sulfide) groups is 1. The minimum Gasteiger partial charge on any atom is -0.423 e. The first kappa shape index (κ1) is 16.4. The van der Waals surface area contributed by atoms with E-state index in [1.165, 1.54) is 0 Å². The molecule has 0 amide bonds. The summed E-state index contributed by atoms with van der Waals surface area (Å²) < 4.78 is 5.87. The molecule has 1 saturated heterocycles. The van der Waals surface area contributed by atoms with Crippen molar-refractivity contribution in [3.8, 4) is 0 Å². The third-order valence-corrected chi connectivity index (χ3v) is 5.42. The molecule has 2 aromatic heterocycles. The van der Waals surface area contributed by atoms with Crippen LogP contribution in [0.25, 0.3) is 11.1 Å². The van der Waals surface area contributed by atoms with E-state index in [0.29, 0.717) is 6.04 Å². The molecule has 0 unspecified atom stereocenters. The molecule has 0 radical (unpaired) electrons. The normalized spacial score (nSPS) is 15.8. The Morgan fingerprint density at radius 3 is 2.76 bits per heavy atom. The summed E-state index contributed by atoms with van der Waals surface area (Å²) in [6.07, 6.45) is 4.08. The second-order valence-electron chi connectivity index (χ2n) is 6.20. The van der Waals surface area contributed by atoms with Crippen LogP contribution in [0.4, 0.5) is 6.01 Å². The zero-order valence-electron chi connectivity index (χ0n) is 14.1. The molecule has 1 aliphatic rings. The van der Waals surface area contributed by atoms with E-state index in [0.717, 1.165) is 60.4 Å². The van der Waals surface area contributed by atoms with Crippen LogP contribution in [0.2, 0.25) is 0 Å². The summed E-state index contributed by atoms with van der Waals surface area (Å²) in [5.41, 5.74) is 1.80. The maximum atomic E-state index is 5.87. The average molecular weight is 354 g/mol. The number of nitrogens with one attached hydrogen (secondary N) is 1. The van der Waals surface area contributed by atoms with Crippen molar-refractivity contribution in [2.75, 3.05) is 30.3 Å². The van der Waals surface area contributed by atoms with Crippen LogP contribution in [-0.4, -0.2) is 41.4 Å². The van der Waals surface area contributed by atoms with Crippen molar-refractivity contribution in [3.63, 3.8) is 0 Å². The maximum Gasteiger partial charge on any atom is 0.298 e. The molecule has 1 N–H and O–H groups in total. The number of hydrogen-bond acceptors (Lipinski definition) is 6. The predicted octanol–water partition coefficient (Wildman–Crippen LogP) is 3.57. The van der Waals surface area contributed by atoms with Crippen LogP contribution in [0, 0.1) is 0 Å². The molecular weight excluding hydrogens is 332 g/mol. The van der Waals surface area contributed by atoms with E-state index < -0.39 is 0 Å². The Bertz CT molecular complexity index is 766. The summed E-state index contributed by atoms with van der Waals surface area (Å²) in [6.45, 7) is 2.98. The van der Waals surface area contributed by atoms with Crippen LogP contribution < -0.4 is 10.2 Å². The van der Waals surface area contributed by atoms with E-state index in [2.05, 4.69) is 26.3 Å². The van der Waals surface area contributed by atoms with Crippen molar-refractivity contribution < 1.29 is 4.42 Å². The molecule has 1 aromatic carbocycles. The van der Waals surface area contributed by atoms with E-state index in [1.54, 1.807) is 11.8 Å². The second-order valence-corrected chi connectivity index (χ2v) is 7.31. The van der Waals surface area contributed by atoms with Gasteiger partial charge in [-0.2, -0.15) is 4.98 Å². The number of anilines is 1. The lowest BCUT2D eigenvalue weighted by atomic mass is 10.1. The zero-order valence-corrected chi connectivity index (χ0v) is 14.9. The Balaban J connectivity index is 1.21. The monoisotopic (exact) mass is 354 g/mol. The van der Waals surface area contributed by atoms with Gasteiger partial charge in [-0.15, -0.1) is 11.8 Å². The summed E-state index contributed by atoms with van der Waals surface area (Å²) in [7, 11) is 0. The highest BCUT2D eigenvalue weighted by Gasteiger charge is 2.22. The Labute approximate surface area is 151 Å². The molecule has 1 aliphatic heterocycles. The fraction of sp³-hybridized carbons (Fsp3) is 0.368. The lowest BCUT2D eigenvalue weighted by Gasteiger charge is -2.31. The average Bonchev–Trinajstić information content (AvgIpc) is 3.11. The highest BCUT2D eigenvalue weighted by atomic mass is 32.2. The van der Waals surface area contributed by atoms with Crippen LogP contribution in [0.3, 0.4) is 0 Å². The number of pyridine rings is 1. The molecule has 0 spiro atoms. The third kappa shape index (κ3) is 4.14. The number of oxazole rings is 1. The lowest BCUT2D eigenvalue weighted by Crippen LogP contribution is -2.43. The fourth-order valence-corrected chi connectivity index (χ4v) is 3.86. The molecule has 0 aliphatic carbocycles. The summed E-state index contributed by atoms with van der Waals surface area (Å²) in [5.74, 6) is 1.04. The number of rotatable bonds is 6. The molecule has 4 rings (SSSR count). The predicted molar refractivity (Wildman–Crippen MR) is 102 cm³/mol. The van der Waals surface area contributed by atoms with Crippen LogP contribution in [0.1, 0.15) is 12.8 Å². The van der Waals surface area contributed by atoms with Crippen molar-refractivity contribution in [1.29, 1.82) is 0 Å². The fourth-order valence-electron chi connectivity index (χ4n) is 3.12. The van der Waals surface area contributed by atoms with Gasteiger partial charge in [-0.1, -0.05) is 18.2 Å². The molecular formula is C19H22N4OS. The summed E-state index contributed by atoms with van der Waals surface area (Å²) >= 11 is 1.80. The van der Waals surface area contributed by atoms with Crippen LogP contribution in [-0.2, 0) is 0 Å². The van der Waals surface area contributed by atoms with E-state index in [9.17, 15) is 0 Å². The summed E-state index contributed by atoms with van der Waals surface area (Å²) in [5, 5.41) is 4.76. The quantitative estimate of drug-likeness (QED) is 0.539. The summed E-state index contributed by atoms with van der Waals surface area (Å²) in [4.78, 5) is 11.2. The maximum absolute atomic E-state index is 5.87. The minimum atomic E-state index is 0.574. The van der Waals surface area contributed by atoms with E-state index >= 15 is 0 Å². The highest BCUT2D eigenvalue weighted by molar-refractivity contribution is 7.99. The molecule has 5 nitrogen and oxygen atoms in total. The topological polar surface area (TPSA) is 54.2 Å². The number of aromatic nitrogens is 2. The highest BCUT2D eigenvalue weighted by Crippen LogP contribution is 2.24. The SMILES string of the molecule is c1ccc(SCCNC2CCN(c3nc4ccccc4o3)CC2)nc1. The largest absolute Gasteiger partial charge is 0.423 e. The molecule has 25 heavy (non-hydrogen) atoms. The van der Waals surface area contributed by atoms with Crippen LogP contribution in [0.15, 0.2) is 58.1 Å². The number of fused-ring (bicyclic) bond motifs is 1. The zero-order chi connectivity index (χ0) is 16.9. The third-order valence-electron chi connectivity index (χ3n) is 4.47. The van der Waals surface area contributed by atoms with Crippen molar-refractivity contribution in [2.45, 2.75) is 23.9 Å². The molecule has 0 atom stereocenters. The van der Waals surface area contributed by atoms with Crippen LogP contribution >= 0.6 is 11.8 Å². The van der Waals surface area contributed by atoms with Gasteiger partial charge in [0.15, 0.2) is 5.58 Å². The van der Waals surface area contributed by atoms with E-state index in [4.69, 9.17) is 4.42 Å². The molecule has 130 valence electrons. The number of para-hydroxylation sites is 2. The van der Waals surface area contributed by atoms with E-state index in [1.807, 2.05) is 42.6 Å². The standard InChI is InChI=1S/C19H22N4OS/c1-2-6-17-16(5-1)22-19(24-17)23-12-8-15(9-13-23)20-11-14-25-18-7-3-4-10-21-18/h1-7,10,15,20H,8-9,11-14H2. The number of hydrogen-bond donors (Lipinski definition) is 1. The number of nitrogens with zero attached hydrogens (tertiary/aromatic N) is 3. The number of piperidine rings is 1. The van der Waals surface area contributed by atoms with Gasteiger partial charge in [0, 0.05) is 37.6 Å². The molecule has 0 bridgehead atoms. The van der Waals surface area contributed by atoms with Crippen molar-refractivity contribution >= 4 is 28.9 Å². The summed E-state index contributed by atoms with van der Waals surface area (Å²) in [6, 6.07) is 15.3. The molecule has 3 aromatic rings. The Hall–Kier alpha value is -2.05.